The molecule has 6 nitrogen and oxygen atoms in total. The zero-order valence-electron chi connectivity index (χ0n) is 18.1. The van der Waals surface area contributed by atoms with Gasteiger partial charge < -0.3 is 10.1 Å². The summed E-state index contributed by atoms with van der Waals surface area (Å²) in [7, 11) is -1.97. The van der Waals surface area contributed by atoms with Crippen molar-refractivity contribution in [3.8, 4) is 5.75 Å². The third-order valence-corrected chi connectivity index (χ3v) is 6.87. The summed E-state index contributed by atoms with van der Waals surface area (Å²) in [6, 6.07) is 11.2. The van der Waals surface area contributed by atoms with Crippen molar-refractivity contribution in [2.24, 2.45) is 5.92 Å². The topological polar surface area (TPSA) is 75.7 Å². The second-order valence-corrected chi connectivity index (χ2v) is 10.1. The third kappa shape index (κ3) is 5.33. The van der Waals surface area contributed by atoms with Crippen molar-refractivity contribution >= 4 is 27.3 Å². The van der Waals surface area contributed by atoms with E-state index in [1.54, 1.807) is 18.2 Å². The van der Waals surface area contributed by atoms with Crippen LogP contribution in [0.3, 0.4) is 0 Å². The van der Waals surface area contributed by atoms with Gasteiger partial charge in [-0.25, -0.2) is 8.42 Å². The maximum absolute atomic E-state index is 12.5. The summed E-state index contributed by atoms with van der Waals surface area (Å²) in [4.78, 5) is 12.5. The molecule has 0 heterocycles. The maximum Gasteiger partial charge on any atom is 0.232 e. The lowest BCUT2D eigenvalue weighted by Crippen LogP contribution is -2.25. The molecule has 1 aliphatic rings. The van der Waals surface area contributed by atoms with Crippen LogP contribution in [-0.2, 0) is 21.4 Å². The van der Waals surface area contributed by atoms with Gasteiger partial charge in [0, 0.05) is 24.7 Å². The second-order valence-electron chi connectivity index (χ2n) is 8.10. The molecular formula is C23H30N2O4S. The summed E-state index contributed by atoms with van der Waals surface area (Å²) in [6.45, 7) is 4.34. The fourth-order valence-corrected chi connectivity index (χ4v) is 4.20. The predicted octanol–water partition coefficient (Wildman–Crippen LogP) is 4.41. The maximum atomic E-state index is 12.5. The number of sulfonamides is 1. The van der Waals surface area contributed by atoms with E-state index in [0.717, 1.165) is 48.6 Å². The number of carbonyl (C=O) groups is 1. The molecule has 0 aliphatic heterocycles. The highest BCUT2D eigenvalue weighted by Gasteiger charge is 2.23. The molecule has 1 N–H and O–H groups in total. The van der Waals surface area contributed by atoms with Gasteiger partial charge in [-0.1, -0.05) is 36.6 Å². The van der Waals surface area contributed by atoms with Crippen molar-refractivity contribution in [1.82, 2.24) is 0 Å². The Morgan fingerprint density at radius 3 is 2.50 bits per heavy atom. The van der Waals surface area contributed by atoms with E-state index < -0.39 is 10.0 Å². The Morgan fingerprint density at radius 1 is 1.13 bits per heavy atom. The van der Waals surface area contributed by atoms with E-state index in [4.69, 9.17) is 4.74 Å². The molecule has 2 aromatic carbocycles. The summed E-state index contributed by atoms with van der Waals surface area (Å²) >= 11 is 0. The van der Waals surface area contributed by atoms with Crippen LogP contribution in [0.1, 0.15) is 42.4 Å². The highest BCUT2D eigenvalue weighted by atomic mass is 32.2. The van der Waals surface area contributed by atoms with Crippen molar-refractivity contribution < 1.29 is 17.9 Å². The Morgan fingerprint density at radius 2 is 1.83 bits per heavy atom. The number of ether oxygens (including phenoxy) is 1. The fourth-order valence-electron chi connectivity index (χ4n) is 3.69. The van der Waals surface area contributed by atoms with Crippen LogP contribution in [-0.4, -0.2) is 27.6 Å². The molecule has 0 unspecified atom stereocenters. The van der Waals surface area contributed by atoms with Gasteiger partial charge in [-0.15, -0.1) is 0 Å². The summed E-state index contributed by atoms with van der Waals surface area (Å²) < 4.78 is 31.4. The van der Waals surface area contributed by atoms with Gasteiger partial charge in [0.1, 0.15) is 12.4 Å². The van der Waals surface area contributed by atoms with Crippen molar-refractivity contribution in [3.05, 3.63) is 53.1 Å². The van der Waals surface area contributed by atoms with Gasteiger partial charge in [0.25, 0.3) is 0 Å². The summed E-state index contributed by atoms with van der Waals surface area (Å²) in [5.74, 6) is 0.466. The number of carbonyl (C=O) groups excluding carboxylic acids is 1. The van der Waals surface area contributed by atoms with Gasteiger partial charge in [-0.05, 0) is 49.9 Å². The number of hydrogen-bond acceptors (Lipinski definition) is 4. The fraction of sp³-hybridized carbons (Fsp3) is 0.435. The monoisotopic (exact) mass is 430 g/mol. The van der Waals surface area contributed by atoms with E-state index in [-0.39, 0.29) is 11.8 Å². The van der Waals surface area contributed by atoms with Crippen LogP contribution >= 0.6 is 0 Å². The standard InChI is InChI=1S/C23H30N2O4S/c1-16-9-10-17(2)19(13-16)15-29-22-14-20(24-23(26)18-7-5-6-8-18)11-12-21(22)25(3)30(4,27)28/h9-14,18H,5-8,15H2,1-4H3,(H,24,26). The molecule has 3 rings (SSSR count). The van der Waals surface area contributed by atoms with E-state index >= 15 is 0 Å². The van der Waals surface area contributed by atoms with Crippen molar-refractivity contribution in [2.45, 2.75) is 46.1 Å². The lowest BCUT2D eigenvalue weighted by Gasteiger charge is -2.22. The van der Waals surface area contributed by atoms with Crippen molar-refractivity contribution in [3.63, 3.8) is 0 Å². The molecule has 0 saturated heterocycles. The molecule has 162 valence electrons. The number of nitrogens with zero attached hydrogens (tertiary/aromatic N) is 1. The molecule has 1 aliphatic carbocycles. The number of aryl methyl sites for hydroxylation is 2. The lowest BCUT2D eigenvalue weighted by molar-refractivity contribution is -0.119. The molecular weight excluding hydrogens is 400 g/mol. The van der Waals surface area contributed by atoms with Crippen molar-refractivity contribution in [2.75, 3.05) is 22.9 Å². The molecule has 2 aromatic rings. The third-order valence-electron chi connectivity index (χ3n) is 5.68. The summed E-state index contributed by atoms with van der Waals surface area (Å²) in [6.07, 6.45) is 5.14. The first-order valence-electron chi connectivity index (χ1n) is 10.2. The number of anilines is 2. The smallest absolute Gasteiger partial charge is 0.232 e. The highest BCUT2D eigenvalue weighted by molar-refractivity contribution is 7.92. The van der Waals surface area contributed by atoms with Gasteiger partial charge in [-0.2, -0.15) is 0 Å². The van der Waals surface area contributed by atoms with Crippen molar-refractivity contribution in [1.29, 1.82) is 0 Å². The molecule has 1 saturated carbocycles. The first kappa shape index (κ1) is 22.2. The van der Waals surface area contributed by atoms with Crippen LogP contribution in [0.4, 0.5) is 11.4 Å². The van der Waals surface area contributed by atoms with E-state index in [2.05, 4.69) is 11.4 Å². The van der Waals surface area contributed by atoms with E-state index in [9.17, 15) is 13.2 Å². The van der Waals surface area contributed by atoms with E-state index in [1.165, 1.54) is 11.4 Å². The minimum Gasteiger partial charge on any atom is -0.487 e. The van der Waals surface area contributed by atoms with Gasteiger partial charge in [-0.3, -0.25) is 9.10 Å². The van der Waals surface area contributed by atoms with Crippen LogP contribution in [0.25, 0.3) is 0 Å². The quantitative estimate of drug-likeness (QED) is 0.706. The van der Waals surface area contributed by atoms with Crippen LogP contribution in [0.15, 0.2) is 36.4 Å². The summed E-state index contributed by atoms with van der Waals surface area (Å²) in [5, 5.41) is 2.96. The molecule has 0 radical (unpaired) electrons. The molecule has 0 spiro atoms. The van der Waals surface area contributed by atoms with E-state index in [0.29, 0.717) is 23.7 Å². The van der Waals surface area contributed by atoms with E-state index in [1.807, 2.05) is 26.0 Å². The van der Waals surface area contributed by atoms with Crippen LogP contribution in [0, 0.1) is 19.8 Å². The predicted molar refractivity (Wildman–Crippen MR) is 121 cm³/mol. The average Bonchev–Trinajstić information content (AvgIpc) is 3.22. The zero-order valence-corrected chi connectivity index (χ0v) is 18.9. The van der Waals surface area contributed by atoms with Gasteiger partial charge >= 0.3 is 0 Å². The lowest BCUT2D eigenvalue weighted by atomic mass is 10.1. The Hall–Kier alpha value is -2.54. The Balaban J connectivity index is 1.87. The van der Waals surface area contributed by atoms with Gasteiger partial charge in [0.15, 0.2) is 0 Å². The summed E-state index contributed by atoms with van der Waals surface area (Å²) in [5.41, 5.74) is 4.30. The normalized spacial score (nSPS) is 14.5. The van der Waals surface area contributed by atoms with Crippen LogP contribution < -0.4 is 14.4 Å². The Labute approximate surface area is 179 Å². The molecule has 1 amide bonds. The Kier molecular flexibility index (Phi) is 6.71. The molecule has 1 fully saturated rings. The first-order chi connectivity index (χ1) is 14.1. The molecule has 7 heteroatoms. The second kappa shape index (κ2) is 9.08. The van der Waals surface area contributed by atoms with Crippen LogP contribution in [0.5, 0.6) is 5.75 Å². The number of hydrogen-bond donors (Lipinski definition) is 1. The van der Waals surface area contributed by atoms with Gasteiger partial charge in [0.2, 0.25) is 15.9 Å². The van der Waals surface area contributed by atoms with Gasteiger partial charge in [0.05, 0.1) is 11.9 Å². The molecule has 0 atom stereocenters. The SMILES string of the molecule is Cc1ccc(C)c(COc2cc(NC(=O)C3CCCC3)ccc2N(C)S(C)(=O)=O)c1. The van der Waals surface area contributed by atoms with Crippen LogP contribution in [0.2, 0.25) is 0 Å². The molecule has 0 aromatic heterocycles. The zero-order chi connectivity index (χ0) is 21.9. The number of benzene rings is 2. The first-order valence-corrected chi connectivity index (χ1v) is 12.1. The average molecular weight is 431 g/mol. The Bertz CT molecular complexity index is 1030. The molecule has 0 bridgehead atoms. The number of nitrogens with one attached hydrogen (secondary N) is 1. The molecule has 30 heavy (non-hydrogen) atoms. The number of rotatable bonds is 7. The highest BCUT2D eigenvalue weighted by Crippen LogP contribution is 2.34. The minimum absolute atomic E-state index is 0.0113. The minimum atomic E-state index is -3.46. The number of amides is 1. The largest absolute Gasteiger partial charge is 0.487 e.